The van der Waals surface area contributed by atoms with Crippen LogP contribution in [-0.2, 0) is 4.79 Å². The van der Waals surface area contributed by atoms with E-state index in [1.165, 1.54) is 36.9 Å². The molecule has 4 heteroatoms. The first-order valence-electron chi connectivity index (χ1n) is 4.67. The van der Waals surface area contributed by atoms with Gasteiger partial charge in [-0.1, -0.05) is 35.2 Å². The zero-order valence-corrected chi connectivity index (χ0v) is 10.3. The molecule has 0 spiro atoms. The fraction of sp³-hybridized carbons (Fsp3) is 0.250. The first-order valence-corrected chi connectivity index (χ1v) is 6.03. The fourth-order valence-electron chi connectivity index (χ4n) is 0.997. The summed E-state index contributed by atoms with van der Waals surface area (Å²) in [5.74, 6) is 5.75. The van der Waals surface area contributed by atoms with Crippen LogP contribution in [0.2, 0.25) is 5.02 Å². The summed E-state index contributed by atoms with van der Waals surface area (Å²) in [6.07, 6.45) is 0.552. The molecule has 0 radical (unpaired) electrons. The molecule has 16 heavy (non-hydrogen) atoms. The van der Waals surface area contributed by atoms with Crippen molar-refractivity contribution in [2.75, 3.05) is 5.75 Å². The summed E-state index contributed by atoms with van der Waals surface area (Å²) in [7, 11) is 0. The molecule has 0 amide bonds. The zero-order valence-electron chi connectivity index (χ0n) is 8.72. The summed E-state index contributed by atoms with van der Waals surface area (Å²) in [5, 5.41) is 0.527. The molecular weight excluding hydrogens is 247 g/mol. The van der Waals surface area contributed by atoms with E-state index in [0.717, 1.165) is 0 Å². The maximum absolute atomic E-state index is 13.2. The number of carbonyl (C=O) groups excluding carboxylic acids is 1. The van der Waals surface area contributed by atoms with Crippen molar-refractivity contribution in [1.29, 1.82) is 0 Å². The first-order chi connectivity index (χ1) is 7.59. The van der Waals surface area contributed by atoms with E-state index in [1.807, 2.05) is 0 Å². The van der Waals surface area contributed by atoms with E-state index in [1.54, 1.807) is 0 Å². The molecule has 0 heterocycles. The van der Waals surface area contributed by atoms with Crippen LogP contribution < -0.4 is 0 Å². The van der Waals surface area contributed by atoms with Gasteiger partial charge in [0.15, 0.2) is 5.12 Å². The van der Waals surface area contributed by atoms with E-state index in [9.17, 15) is 9.18 Å². The first kappa shape index (κ1) is 13.1. The highest BCUT2D eigenvalue weighted by molar-refractivity contribution is 8.13. The van der Waals surface area contributed by atoms with E-state index in [0.29, 0.717) is 22.8 Å². The second kappa shape index (κ2) is 6.57. The van der Waals surface area contributed by atoms with Crippen molar-refractivity contribution in [3.63, 3.8) is 0 Å². The third-order valence-electron chi connectivity index (χ3n) is 1.68. The Kier molecular flexibility index (Phi) is 5.37. The molecule has 0 N–H and O–H groups in total. The lowest BCUT2D eigenvalue weighted by molar-refractivity contribution is -0.109. The maximum atomic E-state index is 13.2. The Labute approximate surface area is 103 Å². The molecule has 0 aliphatic rings. The Hall–Kier alpha value is -0.980. The van der Waals surface area contributed by atoms with Crippen LogP contribution in [0.1, 0.15) is 18.9 Å². The van der Waals surface area contributed by atoms with Crippen LogP contribution in [-0.4, -0.2) is 10.9 Å². The highest BCUT2D eigenvalue weighted by atomic mass is 35.5. The average Bonchev–Trinajstić information content (AvgIpc) is 2.22. The van der Waals surface area contributed by atoms with Gasteiger partial charge in [0, 0.05) is 24.1 Å². The lowest BCUT2D eigenvalue weighted by atomic mass is 10.2. The normalized spacial score (nSPS) is 9.44. The summed E-state index contributed by atoms with van der Waals surface area (Å²) >= 11 is 6.93. The van der Waals surface area contributed by atoms with Gasteiger partial charge in [-0.3, -0.25) is 4.79 Å². The minimum absolute atomic E-state index is 0.0655. The Bertz CT molecular complexity index is 448. The van der Waals surface area contributed by atoms with Gasteiger partial charge in [-0.2, -0.15) is 0 Å². The summed E-state index contributed by atoms with van der Waals surface area (Å²) < 4.78 is 13.2. The monoisotopic (exact) mass is 256 g/mol. The molecule has 0 atom stereocenters. The van der Waals surface area contributed by atoms with Crippen LogP contribution in [0.5, 0.6) is 0 Å². The molecule has 0 saturated heterocycles. The van der Waals surface area contributed by atoms with Gasteiger partial charge in [0.25, 0.3) is 0 Å². The standard InChI is InChI=1S/C12H10ClFOS/c1-9(15)16-7-3-2-4-10-8-11(13)5-6-12(10)14/h5-6,8H,3,7H2,1H3. The second-order valence-electron chi connectivity index (χ2n) is 3.02. The number of halogens is 2. The lowest BCUT2D eigenvalue weighted by Crippen LogP contribution is -1.85. The summed E-state index contributed by atoms with van der Waals surface area (Å²) in [6, 6.07) is 4.26. The van der Waals surface area contributed by atoms with Gasteiger partial charge in [-0.15, -0.1) is 0 Å². The van der Waals surface area contributed by atoms with Crippen molar-refractivity contribution in [3.8, 4) is 11.8 Å². The largest absolute Gasteiger partial charge is 0.288 e. The topological polar surface area (TPSA) is 17.1 Å². The molecule has 1 aromatic rings. The Morgan fingerprint density at radius 3 is 3.00 bits per heavy atom. The molecule has 0 unspecified atom stereocenters. The second-order valence-corrected chi connectivity index (χ2v) is 4.72. The highest BCUT2D eigenvalue weighted by Gasteiger charge is 1.98. The molecule has 0 bridgehead atoms. The van der Waals surface area contributed by atoms with Gasteiger partial charge in [0.05, 0.1) is 5.56 Å². The smallest absolute Gasteiger partial charge is 0.185 e. The van der Waals surface area contributed by atoms with Crippen LogP contribution in [0.4, 0.5) is 4.39 Å². The molecule has 1 rings (SSSR count). The van der Waals surface area contributed by atoms with E-state index in [4.69, 9.17) is 11.6 Å². The number of hydrogen-bond acceptors (Lipinski definition) is 2. The van der Waals surface area contributed by atoms with Crippen molar-refractivity contribution in [2.24, 2.45) is 0 Å². The van der Waals surface area contributed by atoms with Gasteiger partial charge in [-0.25, -0.2) is 4.39 Å². The van der Waals surface area contributed by atoms with Crippen molar-refractivity contribution in [1.82, 2.24) is 0 Å². The Morgan fingerprint density at radius 2 is 2.31 bits per heavy atom. The van der Waals surface area contributed by atoms with Crippen molar-refractivity contribution in [2.45, 2.75) is 13.3 Å². The van der Waals surface area contributed by atoms with Crippen LogP contribution in [0.3, 0.4) is 0 Å². The SMILES string of the molecule is CC(=O)SCCC#Cc1cc(Cl)ccc1F. The molecule has 0 saturated carbocycles. The number of benzene rings is 1. The summed E-state index contributed by atoms with van der Waals surface area (Å²) in [5.41, 5.74) is 0.292. The lowest BCUT2D eigenvalue weighted by Gasteiger charge is -1.94. The van der Waals surface area contributed by atoms with Crippen LogP contribution >= 0.6 is 23.4 Å². The minimum atomic E-state index is -0.379. The van der Waals surface area contributed by atoms with Crippen LogP contribution in [0.25, 0.3) is 0 Å². The van der Waals surface area contributed by atoms with Crippen molar-refractivity contribution in [3.05, 3.63) is 34.6 Å². The minimum Gasteiger partial charge on any atom is -0.288 e. The number of rotatable bonds is 2. The third kappa shape index (κ3) is 4.69. The van der Waals surface area contributed by atoms with Gasteiger partial charge >= 0.3 is 0 Å². The van der Waals surface area contributed by atoms with Crippen LogP contribution in [0.15, 0.2) is 18.2 Å². The molecule has 1 aromatic carbocycles. The molecule has 0 aliphatic carbocycles. The van der Waals surface area contributed by atoms with Crippen molar-refractivity contribution < 1.29 is 9.18 Å². The summed E-state index contributed by atoms with van der Waals surface area (Å²) in [4.78, 5) is 10.6. The average molecular weight is 257 g/mol. The molecule has 0 aliphatic heterocycles. The molecule has 84 valence electrons. The van der Waals surface area contributed by atoms with E-state index >= 15 is 0 Å². The van der Waals surface area contributed by atoms with Gasteiger partial charge in [0.1, 0.15) is 5.82 Å². The predicted octanol–water partition coefficient (Wildman–Crippen LogP) is 3.50. The number of thioether (sulfide) groups is 1. The Balaban J connectivity index is 2.56. The van der Waals surface area contributed by atoms with Gasteiger partial charge in [0.2, 0.25) is 0 Å². The molecular formula is C12H10ClFOS. The van der Waals surface area contributed by atoms with Gasteiger partial charge in [-0.05, 0) is 18.2 Å². The number of hydrogen-bond donors (Lipinski definition) is 0. The predicted molar refractivity (Wildman–Crippen MR) is 66.0 cm³/mol. The molecule has 0 fully saturated rings. The number of carbonyl (C=O) groups is 1. The van der Waals surface area contributed by atoms with E-state index < -0.39 is 0 Å². The van der Waals surface area contributed by atoms with Gasteiger partial charge < -0.3 is 0 Å². The van der Waals surface area contributed by atoms with E-state index in [-0.39, 0.29) is 10.9 Å². The quantitative estimate of drug-likeness (QED) is 0.595. The third-order valence-corrected chi connectivity index (χ3v) is 2.73. The molecule has 1 nitrogen and oxygen atoms in total. The Morgan fingerprint density at radius 1 is 1.56 bits per heavy atom. The van der Waals surface area contributed by atoms with Crippen molar-refractivity contribution >= 4 is 28.5 Å². The highest BCUT2D eigenvalue weighted by Crippen LogP contribution is 2.13. The zero-order chi connectivity index (χ0) is 12.0. The maximum Gasteiger partial charge on any atom is 0.185 e. The van der Waals surface area contributed by atoms with E-state index in [2.05, 4.69) is 11.8 Å². The van der Waals surface area contributed by atoms with Crippen LogP contribution in [0, 0.1) is 17.7 Å². The molecule has 0 aromatic heterocycles. The fourth-order valence-corrected chi connectivity index (χ4v) is 1.66. The summed E-state index contributed by atoms with van der Waals surface area (Å²) in [6.45, 7) is 1.51.